The monoisotopic (exact) mass is 205 g/mol. The molecule has 3 nitrogen and oxygen atoms in total. The summed E-state index contributed by atoms with van der Waals surface area (Å²) in [5.41, 5.74) is 0. The van der Waals surface area contributed by atoms with Gasteiger partial charge in [0.05, 0.1) is 6.10 Å². The summed E-state index contributed by atoms with van der Waals surface area (Å²) < 4.78 is 10.4. The van der Waals surface area contributed by atoms with Gasteiger partial charge in [0.25, 0.3) is 0 Å². The first kappa shape index (κ1) is 11.1. The van der Waals surface area contributed by atoms with E-state index in [4.69, 9.17) is 4.89 Å². The molecule has 0 heterocycles. The molecule has 0 amide bonds. The van der Waals surface area contributed by atoms with Crippen LogP contribution in [-0.2, 0) is 4.57 Å². The van der Waals surface area contributed by atoms with Crippen molar-refractivity contribution in [1.29, 1.82) is 0 Å². The van der Waals surface area contributed by atoms with Crippen LogP contribution in [0.15, 0.2) is 0 Å². The Morgan fingerprint density at radius 3 is 2.62 bits per heavy atom. The quantitative estimate of drug-likeness (QED) is 0.533. The second-order valence-corrected chi connectivity index (χ2v) is 5.06. The van der Waals surface area contributed by atoms with Gasteiger partial charge in [-0.1, -0.05) is 6.42 Å². The molecule has 0 aromatic carbocycles. The standard InChI is InChI=1S/C9H17O3P/c10-9-5-4-8(7-9)3-1-2-6-13(11)12/h8-10H,1-7H2/p+1. The first-order valence-corrected chi connectivity index (χ1v) is 6.40. The minimum atomic E-state index is -1.93. The van der Waals surface area contributed by atoms with E-state index in [2.05, 4.69) is 0 Å². The Kier molecular flexibility index (Phi) is 4.86. The SMILES string of the molecule is O=[P+](O)CCCCC1CCC(O)C1. The largest absolute Gasteiger partial charge is 0.505 e. The van der Waals surface area contributed by atoms with Gasteiger partial charge in [0.1, 0.15) is 0 Å². The van der Waals surface area contributed by atoms with Crippen LogP contribution in [0.3, 0.4) is 0 Å². The second-order valence-electron chi connectivity index (χ2n) is 3.90. The van der Waals surface area contributed by atoms with Crippen molar-refractivity contribution in [2.24, 2.45) is 5.92 Å². The number of unbranched alkanes of at least 4 members (excludes halogenated alkanes) is 1. The van der Waals surface area contributed by atoms with Gasteiger partial charge in [-0.2, -0.15) is 4.89 Å². The lowest BCUT2D eigenvalue weighted by molar-refractivity contribution is 0.176. The Hall–Kier alpha value is 0.0200. The average Bonchev–Trinajstić information content (AvgIpc) is 2.45. The lowest BCUT2D eigenvalue weighted by Crippen LogP contribution is -2.00. The molecule has 1 aliphatic carbocycles. The van der Waals surface area contributed by atoms with Crippen molar-refractivity contribution in [2.45, 2.75) is 44.6 Å². The van der Waals surface area contributed by atoms with Gasteiger partial charge in [0.15, 0.2) is 6.16 Å². The zero-order valence-corrected chi connectivity index (χ0v) is 8.75. The van der Waals surface area contributed by atoms with Crippen molar-refractivity contribution in [3.63, 3.8) is 0 Å². The summed E-state index contributed by atoms with van der Waals surface area (Å²) in [6, 6.07) is 0. The molecule has 0 aromatic rings. The molecule has 0 aliphatic heterocycles. The Labute approximate surface area is 80.0 Å². The average molecular weight is 205 g/mol. The van der Waals surface area contributed by atoms with Gasteiger partial charge in [-0.15, -0.1) is 0 Å². The van der Waals surface area contributed by atoms with Gasteiger partial charge >= 0.3 is 8.03 Å². The summed E-state index contributed by atoms with van der Waals surface area (Å²) in [5, 5.41) is 9.26. The Morgan fingerprint density at radius 1 is 1.31 bits per heavy atom. The van der Waals surface area contributed by atoms with Gasteiger partial charge in [-0.3, -0.25) is 0 Å². The summed E-state index contributed by atoms with van der Waals surface area (Å²) in [7, 11) is -1.93. The third-order valence-corrected chi connectivity index (χ3v) is 3.42. The number of hydrogen-bond acceptors (Lipinski definition) is 2. The molecular formula is C9H18O3P+. The maximum atomic E-state index is 10.4. The number of hydrogen-bond donors (Lipinski definition) is 2. The van der Waals surface area contributed by atoms with Crippen LogP contribution < -0.4 is 0 Å². The van der Waals surface area contributed by atoms with E-state index in [9.17, 15) is 9.67 Å². The van der Waals surface area contributed by atoms with E-state index in [-0.39, 0.29) is 6.10 Å². The minimum absolute atomic E-state index is 0.0838. The highest BCUT2D eigenvalue weighted by Gasteiger charge is 2.22. The molecule has 3 unspecified atom stereocenters. The number of aliphatic hydroxyl groups excluding tert-OH is 1. The van der Waals surface area contributed by atoms with Crippen LogP contribution in [0.4, 0.5) is 0 Å². The summed E-state index contributed by atoms with van der Waals surface area (Å²) in [6.07, 6.45) is 6.35. The number of rotatable bonds is 5. The molecule has 1 saturated carbocycles. The Morgan fingerprint density at radius 2 is 2.08 bits per heavy atom. The first-order chi connectivity index (χ1) is 6.18. The van der Waals surface area contributed by atoms with Crippen LogP contribution in [0.25, 0.3) is 0 Å². The molecular weight excluding hydrogens is 187 g/mol. The maximum absolute atomic E-state index is 10.4. The Balaban J connectivity index is 1.97. The van der Waals surface area contributed by atoms with E-state index in [0.29, 0.717) is 12.1 Å². The molecule has 13 heavy (non-hydrogen) atoms. The second kappa shape index (κ2) is 5.69. The third kappa shape index (κ3) is 4.70. The van der Waals surface area contributed by atoms with Crippen LogP contribution in [0.1, 0.15) is 38.5 Å². The summed E-state index contributed by atoms with van der Waals surface area (Å²) in [5.74, 6) is 0.659. The predicted molar refractivity (Wildman–Crippen MR) is 51.9 cm³/mol. The molecule has 0 aromatic heterocycles. The summed E-state index contributed by atoms with van der Waals surface area (Å²) in [6.45, 7) is 0. The van der Waals surface area contributed by atoms with Crippen molar-refractivity contribution < 1.29 is 14.6 Å². The molecule has 1 fully saturated rings. The fourth-order valence-corrected chi connectivity index (χ4v) is 2.48. The van der Waals surface area contributed by atoms with Crippen LogP contribution in [0, 0.1) is 5.92 Å². The molecule has 1 aliphatic rings. The lowest BCUT2D eigenvalue weighted by atomic mass is 10.0. The predicted octanol–water partition coefficient (Wildman–Crippen LogP) is 2.05. The van der Waals surface area contributed by atoms with E-state index >= 15 is 0 Å². The fraction of sp³-hybridized carbons (Fsp3) is 1.00. The molecule has 1 rings (SSSR count). The van der Waals surface area contributed by atoms with Crippen molar-refractivity contribution in [3.05, 3.63) is 0 Å². The molecule has 0 saturated heterocycles. The highest BCUT2D eigenvalue weighted by molar-refractivity contribution is 7.37. The molecule has 76 valence electrons. The molecule has 0 bridgehead atoms. The van der Waals surface area contributed by atoms with Gasteiger partial charge < -0.3 is 5.11 Å². The van der Waals surface area contributed by atoms with Crippen LogP contribution in [0.2, 0.25) is 0 Å². The summed E-state index contributed by atoms with van der Waals surface area (Å²) in [4.78, 5) is 8.56. The smallest absolute Gasteiger partial charge is 0.393 e. The van der Waals surface area contributed by atoms with E-state index in [1.54, 1.807) is 0 Å². The van der Waals surface area contributed by atoms with Crippen molar-refractivity contribution in [1.82, 2.24) is 0 Å². The van der Waals surface area contributed by atoms with E-state index < -0.39 is 8.03 Å². The Bertz CT molecular complexity index is 172. The third-order valence-electron chi connectivity index (χ3n) is 2.73. The normalized spacial score (nSPS) is 29.2. The number of aliphatic hydroxyl groups is 1. The van der Waals surface area contributed by atoms with Gasteiger partial charge in [-0.25, -0.2) is 0 Å². The van der Waals surface area contributed by atoms with Crippen LogP contribution in [-0.4, -0.2) is 22.3 Å². The van der Waals surface area contributed by atoms with E-state index in [0.717, 1.165) is 38.5 Å². The van der Waals surface area contributed by atoms with Gasteiger partial charge in [0, 0.05) is 0 Å². The topological polar surface area (TPSA) is 57.5 Å². The molecule has 0 spiro atoms. The molecule has 0 radical (unpaired) electrons. The maximum Gasteiger partial charge on any atom is 0.505 e. The van der Waals surface area contributed by atoms with E-state index in [1.165, 1.54) is 0 Å². The van der Waals surface area contributed by atoms with Gasteiger partial charge in [0.2, 0.25) is 0 Å². The van der Waals surface area contributed by atoms with Crippen molar-refractivity contribution in [3.8, 4) is 0 Å². The van der Waals surface area contributed by atoms with E-state index in [1.807, 2.05) is 0 Å². The fourth-order valence-electron chi connectivity index (χ4n) is 1.99. The highest BCUT2D eigenvalue weighted by atomic mass is 31.1. The first-order valence-electron chi connectivity index (χ1n) is 5.00. The molecule has 3 atom stereocenters. The summed E-state index contributed by atoms with van der Waals surface area (Å²) >= 11 is 0. The molecule has 4 heteroatoms. The van der Waals surface area contributed by atoms with Crippen LogP contribution >= 0.6 is 8.03 Å². The van der Waals surface area contributed by atoms with Crippen molar-refractivity contribution in [2.75, 3.05) is 6.16 Å². The lowest BCUT2D eigenvalue weighted by Gasteiger charge is -2.06. The molecule has 2 N–H and O–H groups in total. The minimum Gasteiger partial charge on any atom is -0.393 e. The highest BCUT2D eigenvalue weighted by Crippen LogP contribution is 2.30. The van der Waals surface area contributed by atoms with Crippen molar-refractivity contribution >= 4 is 8.03 Å². The van der Waals surface area contributed by atoms with Crippen LogP contribution in [0.5, 0.6) is 0 Å². The zero-order valence-electron chi connectivity index (χ0n) is 7.85. The van der Waals surface area contributed by atoms with Gasteiger partial charge in [-0.05, 0) is 42.6 Å². The zero-order chi connectivity index (χ0) is 9.68.